The summed E-state index contributed by atoms with van der Waals surface area (Å²) in [6.07, 6.45) is 15.1. The number of allylic oxidation sites excluding steroid dienone is 2. The highest BCUT2D eigenvalue weighted by Crippen LogP contribution is 2.41. The van der Waals surface area contributed by atoms with Gasteiger partial charge in [0, 0.05) is 17.5 Å². The molecule has 1 aromatic carbocycles. The molecule has 0 bridgehead atoms. The van der Waals surface area contributed by atoms with Gasteiger partial charge in [-0.05, 0) is 34.8 Å². The van der Waals surface area contributed by atoms with Crippen LogP contribution in [-0.2, 0) is 0 Å². The van der Waals surface area contributed by atoms with Crippen LogP contribution in [0.1, 0.15) is 32.3 Å². The summed E-state index contributed by atoms with van der Waals surface area (Å²) in [6, 6.07) is 3.52. The van der Waals surface area contributed by atoms with E-state index in [0.29, 0.717) is 23.5 Å². The first-order valence-corrected chi connectivity index (χ1v) is 8.53. The Morgan fingerprint density at radius 3 is 2.61 bits per heavy atom. The van der Waals surface area contributed by atoms with Gasteiger partial charge in [0.15, 0.2) is 5.69 Å². The van der Waals surface area contributed by atoms with Crippen molar-refractivity contribution in [1.29, 1.82) is 0 Å². The topological polar surface area (TPSA) is 32.3 Å². The molecule has 23 heavy (non-hydrogen) atoms. The van der Waals surface area contributed by atoms with Gasteiger partial charge in [0.25, 0.3) is 0 Å². The minimum absolute atomic E-state index is 0.135. The Kier molecular flexibility index (Phi) is 5.36. The minimum atomic E-state index is -0.573. The number of hydroxylamine groups is 2. The van der Waals surface area contributed by atoms with Gasteiger partial charge in [-0.25, -0.2) is 0 Å². The average molecular weight is 376 g/mol. The molecule has 0 saturated heterocycles. The lowest BCUT2D eigenvalue weighted by Gasteiger charge is -2.44. The van der Waals surface area contributed by atoms with Crippen molar-refractivity contribution in [2.45, 2.75) is 26.7 Å². The summed E-state index contributed by atoms with van der Waals surface area (Å²) in [7, 11) is 1.58. The van der Waals surface area contributed by atoms with Crippen molar-refractivity contribution in [3.8, 4) is 18.1 Å². The van der Waals surface area contributed by atoms with Crippen molar-refractivity contribution in [1.82, 2.24) is 4.65 Å². The van der Waals surface area contributed by atoms with Crippen molar-refractivity contribution < 1.29 is 4.74 Å². The lowest BCUT2D eigenvalue weighted by atomic mass is 9.81. The highest BCUT2D eigenvalue weighted by molar-refractivity contribution is 9.10. The van der Waals surface area contributed by atoms with Crippen molar-refractivity contribution in [3.05, 3.63) is 51.8 Å². The highest BCUT2D eigenvalue weighted by Gasteiger charge is 2.35. The second-order valence-corrected chi connectivity index (χ2v) is 6.73. The molecule has 1 atom stereocenters. The fourth-order valence-corrected chi connectivity index (χ4v) is 3.52. The van der Waals surface area contributed by atoms with Crippen LogP contribution in [-0.4, -0.2) is 13.7 Å². The Bertz CT molecular complexity index is 683. The minimum Gasteiger partial charge on any atom is -0.622 e. The van der Waals surface area contributed by atoms with Crippen molar-refractivity contribution in [2.75, 3.05) is 13.7 Å². The number of hydrogen-bond acceptors (Lipinski definition) is 2. The molecule has 3 nitrogen and oxygen atoms in total. The number of benzene rings is 1. The van der Waals surface area contributed by atoms with Gasteiger partial charge < -0.3 is 14.6 Å². The number of ether oxygens (including phenoxy) is 1. The number of methoxy groups -OCH3 is 1. The number of quaternary nitrogens is 1. The molecule has 1 aliphatic rings. The van der Waals surface area contributed by atoms with E-state index in [-0.39, 0.29) is 5.41 Å². The maximum absolute atomic E-state index is 13.7. The molecular weight excluding hydrogens is 354 g/mol. The van der Waals surface area contributed by atoms with Crippen LogP contribution in [0.4, 0.5) is 5.69 Å². The maximum Gasteiger partial charge on any atom is 0.154 e. The van der Waals surface area contributed by atoms with Crippen molar-refractivity contribution >= 4 is 21.6 Å². The third-order valence-electron chi connectivity index (χ3n) is 4.68. The molecule has 0 aromatic heterocycles. The van der Waals surface area contributed by atoms with Crippen LogP contribution in [0, 0.1) is 23.0 Å². The van der Waals surface area contributed by atoms with Gasteiger partial charge in [-0.2, -0.15) is 0 Å². The standard InChI is InChI=1S/C19H22BrNO2/c1-5-15-12-18(23-4)16(20)13-17(15)21(22)11-9-8-10-19(6-2,7-3)14-21/h1,8-13H,6-7,14H2,2-4H3. The monoisotopic (exact) mass is 375 g/mol. The van der Waals surface area contributed by atoms with Crippen LogP contribution >= 0.6 is 15.9 Å². The molecule has 0 saturated carbocycles. The summed E-state index contributed by atoms with van der Waals surface area (Å²) < 4.78 is 5.44. The molecule has 0 spiro atoms. The third-order valence-corrected chi connectivity index (χ3v) is 5.30. The van der Waals surface area contributed by atoms with Gasteiger partial charge in [-0.15, -0.1) is 6.42 Å². The fraction of sp³-hybridized carbons (Fsp3) is 0.368. The van der Waals surface area contributed by atoms with Crippen LogP contribution in [0.5, 0.6) is 5.75 Å². The first kappa shape index (κ1) is 17.8. The van der Waals surface area contributed by atoms with Crippen LogP contribution < -0.4 is 9.38 Å². The van der Waals surface area contributed by atoms with E-state index in [9.17, 15) is 5.21 Å². The molecule has 1 heterocycles. The van der Waals surface area contributed by atoms with Gasteiger partial charge in [0.1, 0.15) is 11.9 Å². The Balaban J connectivity index is 2.60. The molecule has 1 aliphatic heterocycles. The van der Waals surface area contributed by atoms with Gasteiger partial charge in [-0.3, -0.25) is 0 Å². The van der Waals surface area contributed by atoms with E-state index in [2.05, 4.69) is 41.8 Å². The Labute approximate surface area is 146 Å². The van der Waals surface area contributed by atoms with Crippen LogP contribution in [0.25, 0.3) is 0 Å². The smallest absolute Gasteiger partial charge is 0.154 e. The zero-order valence-corrected chi connectivity index (χ0v) is 15.4. The SMILES string of the molecule is C#Cc1cc(OC)c(Br)cc1[N+]1([O-])C=CC=CC(CC)(CC)C1. The van der Waals surface area contributed by atoms with Crippen LogP contribution in [0.3, 0.4) is 0 Å². The summed E-state index contributed by atoms with van der Waals surface area (Å²) >= 11 is 3.46. The normalized spacial score (nSPS) is 22.4. The number of terminal acetylenes is 1. The molecule has 1 aromatic rings. The number of rotatable bonds is 4. The first-order valence-electron chi connectivity index (χ1n) is 7.74. The summed E-state index contributed by atoms with van der Waals surface area (Å²) in [6.45, 7) is 4.67. The predicted molar refractivity (Wildman–Crippen MR) is 100.0 cm³/mol. The number of nitrogens with zero attached hydrogens (tertiary/aromatic N) is 1. The van der Waals surface area contributed by atoms with E-state index < -0.39 is 4.65 Å². The second-order valence-electron chi connectivity index (χ2n) is 5.87. The zero-order chi connectivity index (χ0) is 17.1. The van der Waals surface area contributed by atoms with Crippen LogP contribution in [0.15, 0.2) is 41.0 Å². The van der Waals surface area contributed by atoms with Gasteiger partial charge >= 0.3 is 0 Å². The molecule has 122 valence electrons. The molecule has 4 heteroatoms. The Morgan fingerprint density at radius 2 is 2.04 bits per heavy atom. The average Bonchev–Trinajstić information content (AvgIpc) is 2.75. The van der Waals surface area contributed by atoms with Gasteiger partial charge in [-0.1, -0.05) is 31.9 Å². The molecule has 0 radical (unpaired) electrons. The number of hydrogen-bond donors (Lipinski definition) is 0. The van der Waals surface area contributed by atoms with Crippen molar-refractivity contribution in [2.24, 2.45) is 5.41 Å². The quantitative estimate of drug-likeness (QED) is 0.414. The van der Waals surface area contributed by atoms with E-state index in [1.165, 1.54) is 0 Å². The molecule has 0 fully saturated rings. The fourth-order valence-electron chi connectivity index (χ4n) is 3.02. The van der Waals surface area contributed by atoms with E-state index in [1.54, 1.807) is 25.4 Å². The molecular formula is C19H22BrNO2. The number of halogens is 1. The lowest BCUT2D eigenvalue weighted by molar-refractivity contribution is 0.273. The van der Waals surface area contributed by atoms with E-state index in [0.717, 1.165) is 17.3 Å². The molecule has 2 rings (SSSR count). The molecule has 0 aliphatic carbocycles. The van der Waals surface area contributed by atoms with Gasteiger partial charge in [0.2, 0.25) is 0 Å². The van der Waals surface area contributed by atoms with Crippen LogP contribution in [0.2, 0.25) is 0 Å². The van der Waals surface area contributed by atoms with Crippen molar-refractivity contribution in [3.63, 3.8) is 0 Å². The maximum atomic E-state index is 13.7. The Morgan fingerprint density at radius 1 is 1.35 bits per heavy atom. The molecule has 0 amide bonds. The summed E-state index contributed by atoms with van der Waals surface area (Å²) in [5.74, 6) is 3.26. The largest absolute Gasteiger partial charge is 0.622 e. The summed E-state index contributed by atoms with van der Waals surface area (Å²) in [5.41, 5.74) is 0.989. The van der Waals surface area contributed by atoms with Gasteiger partial charge in [0.05, 0.1) is 23.7 Å². The summed E-state index contributed by atoms with van der Waals surface area (Å²) in [4.78, 5) is 0. The predicted octanol–water partition coefficient (Wildman–Crippen LogP) is 5.13. The van der Waals surface area contributed by atoms with E-state index >= 15 is 0 Å². The molecule has 1 unspecified atom stereocenters. The molecule has 0 N–H and O–H groups in total. The lowest BCUT2D eigenvalue weighted by Crippen LogP contribution is -2.45. The second kappa shape index (κ2) is 6.92. The Hall–Kier alpha value is -1.54. The summed E-state index contributed by atoms with van der Waals surface area (Å²) in [5, 5.41) is 13.7. The third kappa shape index (κ3) is 3.37. The highest BCUT2D eigenvalue weighted by atomic mass is 79.9. The first-order chi connectivity index (χ1) is 10.9. The van der Waals surface area contributed by atoms with E-state index in [4.69, 9.17) is 11.2 Å². The zero-order valence-electron chi connectivity index (χ0n) is 13.8. The van der Waals surface area contributed by atoms with E-state index in [1.807, 2.05) is 12.2 Å².